The Morgan fingerprint density at radius 2 is 2.00 bits per heavy atom. The zero-order valence-electron chi connectivity index (χ0n) is 12.9. The van der Waals surface area contributed by atoms with Gasteiger partial charge < -0.3 is 9.72 Å². The van der Waals surface area contributed by atoms with Crippen molar-refractivity contribution < 1.29 is 4.74 Å². The number of aromatic nitrogens is 3. The predicted octanol–water partition coefficient (Wildman–Crippen LogP) is 2.82. The van der Waals surface area contributed by atoms with E-state index in [0.29, 0.717) is 27.9 Å². The maximum Gasteiger partial charge on any atom is 0.326 e. The van der Waals surface area contributed by atoms with Crippen molar-refractivity contribution in [2.45, 2.75) is 18.8 Å². The van der Waals surface area contributed by atoms with Gasteiger partial charge in [0, 0.05) is 5.56 Å². The fourth-order valence-electron chi connectivity index (χ4n) is 2.85. The van der Waals surface area contributed by atoms with E-state index in [9.17, 15) is 9.59 Å². The van der Waals surface area contributed by atoms with Crippen molar-refractivity contribution in [1.29, 1.82) is 0 Å². The molecule has 0 radical (unpaired) electrons. The number of rotatable bonds is 3. The maximum absolute atomic E-state index is 12.2. The van der Waals surface area contributed by atoms with Crippen molar-refractivity contribution in [3.05, 3.63) is 55.7 Å². The van der Waals surface area contributed by atoms with E-state index in [-0.39, 0.29) is 5.52 Å². The quantitative estimate of drug-likeness (QED) is 0.765. The molecule has 0 amide bonds. The van der Waals surface area contributed by atoms with Gasteiger partial charge in [-0.05, 0) is 42.5 Å². The number of ether oxygens (including phenoxy) is 1. The summed E-state index contributed by atoms with van der Waals surface area (Å²) in [5.74, 6) is 0.889. The van der Waals surface area contributed by atoms with Gasteiger partial charge in [-0.1, -0.05) is 17.7 Å². The Labute approximate surface area is 141 Å². The highest BCUT2D eigenvalue weighted by Crippen LogP contribution is 2.43. The zero-order chi connectivity index (χ0) is 16.8. The minimum atomic E-state index is -0.517. The van der Waals surface area contributed by atoms with Crippen LogP contribution in [-0.2, 0) is 0 Å². The van der Waals surface area contributed by atoms with Crippen LogP contribution in [0.1, 0.15) is 24.3 Å². The number of hydrogen-bond acceptors (Lipinski definition) is 4. The Balaban J connectivity index is 2.00. The molecule has 0 atom stereocenters. The van der Waals surface area contributed by atoms with Crippen LogP contribution in [0.3, 0.4) is 0 Å². The summed E-state index contributed by atoms with van der Waals surface area (Å²) in [6.07, 6.45) is 2.08. The van der Waals surface area contributed by atoms with Crippen LogP contribution in [0.5, 0.6) is 5.75 Å². The van der Waals surface area contributed by atoms with E-state index in [1.807, 2.05) is 12.1 Å². The number of hydrogen-bond donors (Lipinski definition) is 2. The topological polar surface area (TPSA) is 87.8 Å². The average molecular weight is 344 g/mol. The second kappa shape index (κ2) is 5.49. The van der Waals surface area contributed by atoms with Crippen LogP contribution in [0, 0.1) is 0 Å². The average Bonchev–Trinajstić information content (AvgIpc) is 3.39. The van der Waals surface area contributed by atoms with E-state index in [1.165, 1.54) is 0 Å². The van der Waals surface area contributed by atoms with Crippen LogP contribution in [0.4, 0.5) is 0 Å². The summed E-state index contributed by atoms with van der Waals surface area (Å²) in [7, 11) is 1.55. The van der Waals surface area contributed by atoms with Crippen molar-refractivity contribution in [3.8, 4) is 17.0 Å². The largest absolute Gasteiger partial charge is 0.495 e. The molecule has 0 bridgehead atoms. The lowest BCUT2D eigenvalue weighted by molar-refractivity contribution is 0.415. The third-order valence-corrected chi connectivity index (χ3v) is 4.51. The summed E-state index contributed by atoms with van der Waals surface area (Å²) >= 11 is 6.07. The van der Waals surface area contributed by atoms with Crippen molar-refractivity contribution in [1.82, 2.24) is 15.0 Å². The van der Waals surface area contributed by atoms with E-state index < -0.39 is 11.2 Å². The summed E-state index contributed by atoms with van der Waals surface area (Å²) in [5.41, 5.74) is 2.16. The monoisotopic (exact) mass is 343 g/mol. The molecule has 4 rings (SSSR count). The van der Waals surface area contributed by atoms with E-state index in [0.717, 1.165) is 24.0 Å². The summed E-state index contributed by atoms with van der Waals surface area (Å²) in [4.78, 5) is 33.2. The minimum absolute atomic E-state index is 0.239. The number of H-pyrrole nitrogens is 2. The molecule has 24 heavy (non-hydrogen) atoms. The van der Waals surface area contributed by atoms with Gasteiger partial charge in [0.25, 0.3) is 5.56 Å². The lowest BCUT2D eigenvalue weighted by Crippen LogP contribution is -2.23. The standard InChI is InChI=1S/C17H14ClN3O3/c1-24-13-6-9(4-5-11(13)18)12-7-10(8-2-3-8)14-15(19-12)16(22)21-17(23)20-14/h4-8H,2-3H2,1H3,(H2,20,21,22,23). The maximum atomic E-state index is 12.2. The molecule has 0 unspecified atom stereocenters. The lowest BCUT2D eigenvalue weighted by Gasteiger charge is -2.10. The first-order valence-electron chi connectivity index (χ1n) is 7.58. The molecule has 0 spiro atoms. The highest BCUT2D eigenvalue weighted by molar-refractivity contribution is 6.32. The number of methoxy groups -OCH3 is 1. The molecule has 122 valence electrons. The summed E-state index contributed by atoms with van der Waals surface area (Å²) < 4.78 is 5.25. The third kappa shape index (κ3) is 2.49. The first-order chi connectivity index (χ1) is 11.6. The van der Waals surface area contributed by atoms with E-state index >= 15 is 0 Å². The molecule has 2 aromatic heterocycles. The number of nitrogens with zero attached hydrogens (tertiary/aromatic N) is 1. The Bertz CT molecular complexity index is 1070. The van der Waals surface area contributed by atoms with Crippen molar-refractivity contribution in [2.24, 2.45) is 0 Å². The van der Waals surface area contributed by atoms with Gasteiger partial charge >= 0.3 is 5.69 Å². The number of halogens is 1. The van der Waals surface area contributed by atoms with Crippen LogP contribution in [0.25, 0.3) is 22.3 Å². The molecule has 1 aliphatic rings. The highest BCUT2D eigenvalue weighted by atomic mass is 35.5. The van der Waals surface area contributed by atoms with Crippen LogP contribution >= 0.6 is 11.6 Å². The first kappa shape index (κ1) is 15.0. The van der Waals surface area contributed by atoms with Gasteiger partial charge in [0.15, 0.2) is 5.52 Å². The lowest BCUT2D eigenvalue weighted by atomic mass is 10.0. The van der Waals surface area contributed by atoms with Gasteiger partial charge in [-0.2, -0.15) is 0 Å². The normalized spacial score (nSPS) is 14.1. The van der Waals surface area contributed by atoms with Gasteiger partial charge in [0.2, 0.25) is 0 Å². The first-order valence-corrected chi connectivity index (χ1v) is 7.96. The van der Waals surface area contributed by atoms with Crippen LogP contribution in [0.2, 0.25) is 5.02 Å². The number of fused-ring (bicyclic) bond motifs is 1. The molecular formula is C17H14ClN3O3. The molecule has 6 nitrogen and oxygen atoms in total. The van der Waals surface area contributed by atoms with Crippen LogP contribution < -0.4 is 16.0 Å². The predicted molar refractivity (Wildman–Crippen MR) is 92.0 cm³/mol. The molecule has 0 saturated heterocycles. The second-order valence-electron chi connectivity index (χ2n) is 5.85. The molecule has 7 heteroatoms. The number of nitrogens with one attached hydrogen (secondary N) is 2. The molecule has 1 aliphatic carbocycles. The molecule has 1 aromatic carbocycles. The molecule has 3 aromatic rings. The molecular weight excluding hydrogens is 330 g/mol. The van der Waals surface area contributed by atoms with Gasteiger partial charge in [-0.3, -0.25) is 9.78 Å². The molecule has 1 saturated carbocycles. The number of benzene rings is 1. The zero-order valence-corrected chi connectivity index (χ0v) is 13.6. The van der Waals surface area contributed by atoms with Gasteiger partial charge in [-0.25, -0.2) is 9.78 Å². The van der Waals surface area contributed by atoms with E-state index in [4.69, 9.17) is 16.3 Å². The van der Waals surface area contributed by atoms with E-state index in [2.05, 4.69) is 15.0 Å². The van der Waals surface area contributed by atoms with Crippen LogP contribution in [0.15, 0.2) is 33.9 Å². The van der Waals surface area contributed by atoms with Crippen molar-refractivity contribution >= 4 is 22.6 Å². The molecule has 2 N–H and O–H groups in total. The third-order valence-electron chi connectivity index (χ3n) is 4.19. The summed E-state index contributed by atoms with van der Waals surface area (Å²) in [6, 6.07) is 7.27. The Morgan fingerprint density at radius 3 is 2.71 bits per heavy atom. The highest BCUT2D eigenvalue weighted by Gasteiger charge is 2.27. The summed E-state index contributed by atoms with van der Waals surface area (Å²) in [5, 5.41) is 0.506. The van der Waals surface area contributed by atoms with Gasteiger partial charge in [0.05, 0.1) is 23.3 Å². The number of pyridine rings is 1. The SMILES string of the molecule is COc1cc(-c2cc(C3CC3)c3[nH]c(=O)[nH]c(=O)c3n2)ccc1Cl. The molecule has 0 aliphatic heterocycles. The van der Waals surface area contributed by atoms with Crippen molar-refractivity contribution in [2.75, 3.05) is 7.11 Å². The van der Waals surface area contributed by atoms with Crippen molar-refractivity contribution in [3.63, 3.8) is 0 Å². The summed E-state index contributed by atoms with van der Waals surface area (Å²) in [6.45, 7) is 0. The van der Waals surface area contributed by atoms with Gasteiger partial charge in [-0.15, -0.1) is 0 Å². The van der Waals surface area contributed by atoms with Gasteiger partial charge in [0.1, 0.15) is 5.75 Å². The van der Waals surface area contributed by atoms with E-state index in [1.54, 1.807) is 19.2 Å². The second-order valence-corrected chi connectivity index (χ2v) is 6.26. The Morgan fingerprint density at radius 1 is 1.21 bits per heavy atom. The Hall–Kier alpha value is -2.60. The molecule has 1 fully saturated rings. The Kier molecular flexibility index (Phi) is 3.42. The van der Waals surface area contributed by atoms with Crippen LogP contribution in [-0.4, -0.2) is 22.1 Å². The molecule has 2 heterocycles. The number of aromatic amines is 2. The smallest absolute Gasteiger partial charge is 0.326 e. The minimum Gasteiger partial charge on any atom is -0.495 e. The fourth-order valence-corrected chi connectivity index (χ4v) is 3.05. The fraction of sp³-hybridized carbons (Fsp3) is 0.235.